The van der Waals surface area contributed by atoms with Crippen molar-refractivity contribution in [1.82, 2.24) is 15.3 Å². The summed E-state index contributed by atoms with van der Waals surface area (Å²) in [6, 6.07) is 17.5. The van der Waals surface area contributed by atoms with E-state index in [0.29, 0.717) is 23.8 Å². The first-order valence-corrected chi connectivity index (χ1v) is 9.61. The van der Waals surface area contributed by atoms with Crippen LogP contribution in [0.1, 0.15) is 36.2 Å². The second-order valence-electron chi connectivity index (χ2n) is 7.11. The average molecular weight is 374 g/mol. The number of nitrogens with zero attached hydrogens (tertiary/aromatic N) is 2. The molecule has 0 aliphatic carbocycles. The number of rotatable bonds is 8. The van der Waals surface area contributed by atoms with E-state index >= 15 is 0 Å². The van der Waals surface area contributed by atoms with E-state index in [1.807, 2.05) is 54.6 Å². The van der Waals surface area contributed by atoms with Gasteiger partial charge in [0.15, 0.2) is 0 Å². The van der Waals surface area contributed by atoms with Crippen molar-refractivity contribution in [3.8, 4) is 11.3 Å². The largest absolute Gasteiger partial charge is 0.369 e. The summed E-state index contributed by atoms with van der Waals surface area (Å²) in [4.78, 5) is 21.6. The molecule has 1 aromatic carbocycles. The smallest absolute Gasteiger partial charge is 0.255 e. The molecule has 144 valence electrons. The fourth-order valence-electron chi connectivity index (χ4n) is 2.81. The van der Waals surface area contributed by atoms with Crippen molar-refractivity contribution in [3.63, 3.8) is 0 Å². The molecule has 0 saturated heterocycles. The molecule has 2 N–H and O–H groups in total. The summed E-state index contributed by atoms with van der Waals surface area (Å²) in [5, 5.41) is 6.30. The molecule has 0 bridgehead atoms. The van der Waals surface area contributed by atoms with Gasteiger partial charge in [-0.1, -0.05) is 50.2 Å². The number of amides is 1. The third-order valence-electron chi connectivity index (χ3n) is 4.40. The van der Waals surface area contributed by atoms with Gasteiger partial charge in [0.05, 0.1) is 11.3 Å². The van der Waals surface area contributed by atoms with Crippen LogP contribution in [-0.2, 0) is 6.54 Å². The predicted octanol–water partition coefficient (Wildman–Crippen LogP) is 4.53. The monoisotopic (exact) mass is 374 g/mol. The van der Waals surface area contributed by atoms with Crippen LogP contribution in [0.2, 0.25) is 0 Å². The third kappa shape index (κ3) is 5.39. The average Bonchev–Trinajstić information content (AvgIpc) is 2.73. The van der Waals surface area contributed by atoms with Crippen LogP contribution in [0, 0.1) is 5.92 Å². The van der Waals surface area contributed by atoms with Crippen molar-refractivity contribution in [3.05, 3.63) is 78.1 Å². The summed E-state index contributed by atoms with van der Waals surface area (Å²) in [5.74, 6) is 1.04. The van der Waals surface area contributed by atoms with Crippen LogP contribution in [0.15, 0.2) is 67.0 Å². The fourth-order valence-corrected chi connectivity index (χ4v) is 2.81. The molecule has 0 aliphatic heterocycles. The molecule has 1 amide bonds. The summed E-state index contributed by atoms with van der Waals surface area (Å²) >= 11 is 0. The Balaban J connectivity index is 1.80. The van der Waals surface area contributed by atoms with Crippen molar-refractivity contribution in [2.45, 2.75) is 26.8 Å². The van der Waals surface area contributed by atoms with Crippen LogP contribution in [-0.4, -0.2) is 22.4 Å². The third-order valence-corrected chi connectivity index (χ3v) is 4.40. The first-order chi connectivity index (χ1) is 13.6. The van der Waals surface area contributed by atoms with Crippen LogP contribution in [0.5, 0.6) is 0 Å². The molecule has 2 heterocycles. The van der Waals surface area contributed by atoms with E-state index in [-0.39, 0.29) is 5.91 Å². The van der Waals surface area contributed by atoms with E-state index in [1.165, 1.54) is 0 Å². The van der Waals surface area contributed by atoms with Gasteiger partial charge in [-0.05, 0) is 36.1 Å². The van der Waals surface area contributed by atoms with Gasteiger partial charge >= 0.3 is 0 Å². The van der Waals surface area contributed by atoms with Gasteiger partial charge in [-0.25, -0.2) is 4.98 Å². The van der Waals surface area contributed by atoms with Crippen LogP contribution in [0.3, 0.4) is 0 Å². The molecule has 5 heteroatoms. The maximum absolute atomic E-state index is 12.8. The molecule has 3 rings (SSSR count). The number of hydrogen-bond acceptors (Lipinski definition) is 4. The summed E-state index contributed by atoms with van der Waals surface area (Å²) in [6.07, 6.45) is 4.47. The van der Waals surface area contributed by atoms with E-state index in [9.17, 15) is 4.79 Å². The maximum Gasteiger partial charge on any atom is 0.255 e. The number of pyridine rings is 2. The number of anilines is 1. The summed E-state index contributed by atoms with van der Waals surface area (Å²) in [7, 11) is 0. The highest BCUT2D eigenvalue weighted by Crippen LogP contribution is 2.22. The van der Waals surface area contributed by atoms with Crippen molar-refractivity contribution in [1.29, 1.82) is 0 Å². The standard InChI is InChI=1S/C23H26N4O/c1-17(2)12-14-25-22-20(23(28)26-16-18-7-6-13-24-15-18)10-11-21(27-22)19-8-4-3-5-9-19/h3-11,13,15,17H,12,14,16H2,1-2H3,(H,25,27)(H,26,28). The van der Waals surface area contributed by atoms with Gasteiger partial charge in [-0.15, -0.1) is 0 Å². The van der Waals surface area contributed by atoms with Gasteiger partial charge in [0.2, 0.25) is 0 Å². The molecule has 0 spiro atoms. The Hall–Kier alpha value is -3.21. The Labute approximate surface area is 166 Å². The predicted molar refractivity (Wildman–Crippen MR) is 113 cm³/mol. The normalized spacial score (nSPS) is 10.7. The Kier molecular flexibility index (Phi) is 6.73. The first-order valence-electron chi connectivity index (χ1n) is 9.61. The molecule has 2 aromatic heterocycles. The number of hydrogen-bond donors (Lipinski definition) is 2. The van der Waals surface area contributed by atoms with E-state index in [1.54, 1.807) is 12.4 Å². The lowest BCUT2D eigenvalue weighted by Gasteiger charge is -2.14. The Morgan fingerprint density at radius 3 is 2.57 bits per heavy atom. The molecule has 3 aromatic rings. The van der Waals surface area contributed by atoms with Crippen LogP contribution in [0.4, 0.5) is 5.82 Å². The molecule has 0 fully saturated rings. The lowest BCUT2D eigenvalue weighted by Crippen LogP contribution is -2.24. The van der Waals surface area contributed by atoms with Gasteiger partial charge in [0.1, 0.15) is 5.82 Å². The number of carbonyl (C=O) groups excluding carboxylic acids is 1. The van der Waals surface area contributed by atoms with Crippen molar-refractivity contribution in [2.24, 2.45) is 5.92 Å². The molecule has 0 unspecified atom stereocenters. The maximum atomic E-state index is 12.8. The SMILES string of the molecule is CC(C)CCNc1nc(-c2ccccc2)ccc1C(=O)NCc1cccnc1. The second-order valence-corrected chi connectivity index (χ2v) is 7.11. The van der Waals surface area contributed by atoms with Gasteiger partial charge in [0, 0.05) is 31.0 Å². The molecule has 0 aliphatic rings. The fraction of sp³-hybridized carbons (Fsp3) is 0.261. The molecule has 28 heavy (non-hydrogen) atoms. The lowest BCUT2D eigenvalue weighted by atomic mass is 10.1. The Morgan fingerprint density at radius 2 is 1.86 bits per heavy atom. The van der Waals surface area contributed by atoms with E-state index in [4.69, 9.17) is 4.98 Å². The molecule has 0 radical (unpaired) electrons. The number of nitrogens with one attached hydrogen (secondary N) is 2. The van der Waals surface area contributed by atoms with Crippen molar-refractivity contribution in [2.75, 3.05) is 11.9 Å². The minimum atomic E-state index is -0.150. The van der Waals surface area contributed by atoms with Crippen molar-refractivity contribution >= 4 is 11.7 Å². The first kappa shape index (κ1) is 19.5. The zero-order chi connectivity index (χ0) is 19.8. The Bertz CT molecular complexity index is 895. The van der Waals surface area contributed by atoms with Crippen LogP contribution < -0.4 is 10.6 Å². The highest BCUT2D eigenvalue weighted by molar-refractivity contribution is 5.99. The van der Waals surface area contributed by atoms with Gasteiger partial charge < -0.3 is 10.6 Å². The lowest BCUT2D eigenvalue weighted by molar-refractivity contribution is 0.0951. The van der Waals surface area contributed by atoms with E-state index in [2.05, 4.69) is 29.5 Å². The second kappa shape index (κ2) is 9.65. The molecular weight excluding hydrogens is 348 g/mol. The zero-order valence-electron chi connectivity index (χ0n) is 16.4. The quantitative estimate of drug-likeness (QED) is 0.608. The summed E-state index contributed by atoms with van der Waals surface area (Å²) < 4.78 is 0. The topological polar surface area (TPSA) is 66.9 Å². The molecule has 5 nitrogen and oxygen atoms in total. The molecule has 0 atom stereocenters. The molecule has 0 saturated carbocycles. The summed E-state index contributed by atoms with van der Waals surface area (Å²) in [6.45, 7) is 5.55. The van der Waals surface area contributed by atoms with E-state index < -0.39 is 0 Å². The highest BCUT2D eigenvalue weighted by Gasteiger charge is 2.14. The van der Waals surface area contributed by atoms with Gasteiger partial charge in [0.25, 0.3) is 5.91 Å². The van der Waals surface area contributed by atoms with Crippen LogP contribution in [0.25, 0.3) is 11.3 Å². The van der Waals surface area contributed by atoms with E-state index in [0.717, 1.165) is 29.8 Å². The number of carbonyl (C=O) groups is 1. The zero-order valence-corrected chi connectivity index (χ0v) is 16.4. The van der Waals surface area contributed by atoms with Gasteiger partial charge in [-0.3, -0.25) is 9.78 Å². The number of benzene rings is 1. The molecular formula is C23H26N4O. The van der Waals surface area contributed by atoms with Crippen molar-refractivity contribution < 1.29 is 4.79 Å². The minimum absolute atomic E-state index is 0.150. The van der Waals surface area contributed by atoms with Crippen LogP contribution >= 0.6 is 0 Å². The van der Waals surface area contributed by atoms with Gasteiger partial charge in [-0.2, -0.15) is 0 Å². The number of aromatic nitrogens is 2. The summed E-state index contributed by atoms with van der Waals surface area (Å²) in [5.41, 5.74) is 3.37. The Morgan fingerprint density at radius 1 is 1.04 bits per heavy atom. The highest BCUT2D eigenvalue weighted by atomic mass is 16.1. The minimum Gasteiger partial charge on any atom is -0.369 e.